The lowest BCUT2D eigenvalue weighted by Gasteiger charge is -2.07. The van der Waals surface area contributed by atoms with E-state index >= 15 is 0 Å². The van der Waals surface area contributed by atoms with E-state index in [0.717, 1.165) is 11.3 Å². The molecule has 7 heteroatoms. The monoisotopic (exact) mass is 261 g/mol. The molecule has 0 aliphatic carbocycles. The summed E-state index contributed by atoms with van der Waals surface area (Å²) in [6, 6.07) is 3.21. The molecular weight excluding hydrogens is 254 g/mol. The van der Waals surface area contributed by atoms with Crippen molar-refractivity contribution >= 4 is 34.7 Å². The molecule has 1 fully saturated rings. The molecular formula is C9H8ClNO4S. The highest BCUT2D eigenvalue weighted by Crippen LogP contribution is 2.23. The quantitative estimate of drug-likeness (QED) is 0.794. The number of carboxylic acids is 1. The maximum absolute atomic E-state index is 11.8. The highest BCUT2D eigenvalue weighted by Gasteiger charge is 2.35. The van der Waals surface area contributed by atoms with Crippen molar-refractivity contribution in [3.05, 3.63) is 21.3 Å². The van der Waals surface area contributed by atoms with Gasteiger partial charge in [0.2, 0.25) is 5.78 Å². The number of thiophene rings is 1. The molecule has 16 heavy (non-hydrogen) atoms. The van der Waals surface area contributed by atoms with E-state index in [9.17, 15) is 9.59 Å². The van der Waals surface area contributed by atoms with Crippen LogP contribution in [-0.4, -0.2) is 35.7 Å². The van der Waals surface area contributed by atoms with Crippen molar-refractivity contribution in [1.29, 1.82) is 0 Å². The second-order valence-electron chi connectivity index (χ2n) is 3.22. The summed E-state index contributed by atoms with van der Waals surface area (Å²) in [6.45, 7) is 0.130. The van der Waals surface area contributed by atoms with Gasteiger partial charge in [0.15, 0.2) is 12.3 Å². The van der Waals surface area contributed by atoms with Gasteiger partial charge in [0.05, 0.1) is 9.21 Å². The average Bonchev–Trinajstić information content (AvgIpc) is 2.84. The van der Waals surface area contributed by atoms with Crippen LogP contribution < -0.4 is 5.32 Å². The van der Waals surface area contributed by atoms with E-state index < -0.39 is 18.3 Å². The number of carboxylic acid groups (broad SMARTS) is 1. The van der Waals surface area contributed by atoms with Gasteiger partial charge in [-0.2, -0.15) is 0 Å². The number of hydrogen-bond donors (Lipinski definition) is 2. The Morgan fingerprint density at radius 3 is 2.81 bits per heavy atom. The number of ether oxygens (including phenoxy) is 1. The Hall–Kier alpha value is -0.950. The van der Waals surface area contributed by atoms with Crippen LogP contribution in [0, 0.1) is 0 Å². The second kappa shape index (κ2) is 4.50. The number of ketones is 1. The Labute approximate surface area is 100.0 Å². The lowest BCUT2D eigenvalue weighted by molar-refractivity contribution is -0.147. The third-order valence-corrected chi connectivity index (χ3v) is 3.36. The summed E-state index contributed by atoms with van der Waals surface area (Å²) >= 11 is 6.84. The van der Waals surface area contributed by atoms with Gasteiger partial charge in [-0.15, -0.1) is 11.3 Å². The molecule has 0 spiro atoms. The van der Waals surface area contributed by atoms with E-state index in [1.54, 1.807) is 12.1 Å². The molecule has 0 saturated carbocycles. The van der Waals surface area contributed by atoms with E-state index in [0.29, 0.717) is 9.21 Å². The van der Waals surface area contributed by atoms with Crippen LogP contribution in [-0.2, 0) is 9.53 Å². The highest BCUT2D eigenvalue weighted by molar-refractivity contribution is 7.18. The number of nitrogens with one attached hydrogen (secondary N) is 1. The van der Waals surface area contributed by atoms with Crippen LogP contribution in [0.3, 0.4) is 0 Å². The molecule has 2 unspecified atom stereocenters. The first-order chi connectivity index (χ1) is 7.58. The maximum Gasteiger partial charge on any atom is 0.334 e. The van der Waals surface area contributed by atoms with Crippen molar-refractivity contribution in [3.63, 3.8) is 0 Å². The van der Waals surface area contributed by atoms with Crippen LogP contribution in [0.4, 0.5) is 0 Å². The number of hydrogen-bond acceptors (Lipinski definition) is 5. The van der Waals surface area contributed by atoms with E-state index in [4.69, 9.17) is 21.4 Å². The number of carbonyl (C=O) groups excluding carboxylic acids is 1. The summed E-state index contributed by atoms with van der Waals surface area (Å²) in [5.74, 6) is -1.37. The molecule has 2 rings (SSSR count). The summed E-state index contributed by atoms with van der Waals surface area (Å²) in [7, 11) is 0. The molecule has 5 nitrogen and oxygen atoms in total. The molecule has 1 aromatic heterocycles. The van der Waals surface area contributed by atoms with Gasteiger partial charge in [0.1, 0.15) is 0 Å². The van der Waals surface area contributed by atoms with Crippen molar-refractivity contribution in [2.75, 3.05) is 6.54 Å². The Balaban J connectivity index is 2.05. The van der Waals surface area contributed by atoms with Crippen LogP contribution >= 0.6 is 22.9 Å². The zero-order valence-corrected chi connectivity index (χ0v) is 9.55. The summed E-state index contributed by atoms with van der Waals surface area (Å²) in [5.41, 5.74) is 0. The van der Waals surface area contributed by atoms with Crippen LogP contribution in [0.25, 0.3) is 0 Å². The third kappa shape index (κ3) is 2.25. The first-order valence-corrected chi connectivity index (χ1v) is 5.68. The molecule has 1 aromatic rings. The van der Waals surface area contributed by atoms with Gasteiger partial charge < -0.3 is 9.84 Å². The number of aliphatic carboxylic acids is 1. The van der Waals surface area contributed by atoms with Gasteiger partial charge in [0, 0.05) is 6.54 Å². The first-order valence-electron chi connectivity index (χ1n) is 4.49. The van der Waals surface area contributed by atoms with Crippen molar-refractivity contribution in [2.45, 2.75) is 12.3 Å². The molecule has 2 N–H and O–H groups in total. The SMILES string of the molecule is O=C(O)C1CNC(C(=O)c2ccc(Cl)s2)O1. The van der Waals surface area contributed by atoms with Crippen molar-refractivity contribution in [3.8, 4) is 0 Å². The van der Waals surface area contributed by atoms with Crippen molar-refractivity contribution in [2.24, 2.45) is 0 Å². The fourth-order valence-electron chi connectivity index (χ4n) is 1.35. The van der Waals surface area contributed by atoms with Crippen LogP contribution in [0.2, 0.25) is 4.34 Å². The van der Waals surface area contributed by atoms with E-state index in [1.165, 1.54) is 0 Å². The van der Waals surface area contributed by atoms with E-state index in [1.807, 2.05) is 0 Å². The Morgan fingerprint density at radius 1 is 1.56 bits per heavy atom. The predicted molar refractivity (Wildman–Crippen MR) is 58.0 cm³/mol. The number of carbonyl (C=O) groups is 2. The summed E-state index contributed by atoms with van der Waals surface area (Å²) in [4.78, 5) is 22.9. The first kappa shape index (κ1) is 11.5. The molecule has 0 radical (unpaired) electrons. The number of rotatable bonds is 3. The number of halogens is 1. The van der Waals surface area contributed by atoms with Gasteiger partial charge in [-0.1, -0.05) is 11.6 Å². The smallest absolute Gasteiger partial charge is 0.334 e. The van der Waals surface area contributed by atoms with Gasteiger partial charge in [-0.05, 0) is 12.1 Å². The van der Waals surface area contributed by atoms with Gasteiger partial charge in [-0.3, -0.25) is 10.1 Å². The lowest BCUT2D eigenvalue weighted by Crippen LogP contribution is -2.31. The van der Waals surface area contributed by atoms with Gasteiger partial charge in [-0.25, -0.2) is 4.79 Å². The summed E-state index contributed by atoms with van der Waals surface area (Å²) in [5, 5.41) is 11.4. The van der Waals surface area contributed by atoms with Crippen LogP contribution in [0.15, 0.2) is 12.1 Å². The molecule has 0 amide bonds. The molecule has 0 bridgehead atoms. The van der Waals surface area contributed by atoms with Gasteiger partial charge >= 0.3 is 5.97 Å². The Morgan fingerprint density at radius 2 is 2.31 bits per heavy atom. The number of Topliss-reactive ketones (excluding diaryl/α,β-unsaturated/α-hetero) is 1. The summed E-state index contributed by atoms with van der Waals surface area (Å²) < 4.78 is 5.56. The molecule has 86 valence electrons. The minimum Gasteiger partial charge on any atom is -0.479 e. The Kier molecular flexibility index (Phi) is 3.25. The predicted octanol–water partition coefficient (Wildman–Crippen LogP) is 0.983. The third-order valence-electron chi connectivity index (χ3n) is 2.12. The van der Waals surface area contributed by atoms with E-state index in [2.05, 4.69) is 5.32 Å². The topological polar surface area (TPSA) is 75.6 Å². The Bertz CT molecular complexity index is 433. The maximum atomic E-state index is 11.8. The molecule has 2 heterocycles. The molecule has 2 atom stereocenters. The second-order valence-corrected chi connectivity index (χ2v) is 4.93. The highest BCUT2D eigenvalue weighted by atomic mass is 35.5. The minimum absolute atomic E-state index is 0.130. The summed E-state index contributed by atoms with van der Waals surface area (Å²) in [6.07, 6.45) is -1.86. The van der Waals surface area contributed by atoms with Gasteiger partial charge in [0.25, 0.3) is 0 Å². The van der Waals surface area contributed by atoms with Crippen LogP contribution in [0.5, 0.6) is 0 Å². The lowest BCUT2D eigenvalue weighted by atomic mass is 10.3. The van der Waals surface area contributed by atoms with E-state index in [-0.39, 0.29) is 12.3 Å². The fourth-order valence-corrected chi connectivity index (χ4v) is 2.35. The largest absolute Gasteiger partial charge is 0.479 e. The van der Waals surface area contributed by atoms with Crippen LogP contribution in [0.1, 0.15) is 9.67 Å². The fraction of sp³-hybridized carbons (Fsp3) is 0.333. The molecule has 1 aliphatic heterocycles. The minimum atomic E-state index is -1.08. The van der Waals surface area contributed by atoms with Crippen molar-refractivity contribution in [1.82, 2.24) is 5.32 Å². The zero-order chi connectivity index (χ0) is 11.7. The average molecular weight is 262 g/mol. The van der Waals surface area contributed by atoms with Crippen molar-refractivity contribution < 1.29 is 19.4 Å². The zero-order valence-electron chi connectivity index (χ0n) is 7.97. The molecule has 1 saturated heterocycles. The normalized spacial score (nSPS) is 24.6. The standard InChI is InChI=1S/C9H8ClNO4S/c10-6-2-1-5(16-6)7(12)8-11-3-4(15-8)9(13)14/h1-2,4,8,11H,3H2,(H,13,14). The molecule has 0 aromatic carbocycles. The molecule has 1 aliphatic rings.